The van der Waals surface area contributed by atoms with Gasteiger partial charge in [0.1, 0.15) is 5.75 Å². The largest absolute Gasteiger partial charge is 0.497 e. The van der Waals surface area contributed by atoms with Crippen molar-refractivity contribution in [2.24, 2.45) is 0 Å². The molecule has 1 unspecified atom stereocenters. The lowest BCUT2D eigenvalue weighted by atomic mass is 10.1. The lowest BCUT2D eigenvalue weighted by molar-refractivity contribution is -0.122. The first-order chi connectivity index (χ1) is 7.48. The number of hydrogen-bond donors (Lipinski definition) is 2. The van der Waals surface area contributed by atoms with Gasteiger partial charge in [-0.15, -0.1) is 36.9 Å². The van der Waals surface area contributed by atoms with E-state index < -0.39 is 9.58 Å². The van der Waals surface area contributed by atoms with E-state index in [1.807, 2.05) is 0 Å². The topological polar surface area (TPSA) is 29.5 Å². The van der Waals surface area contributed by atoms with Gasteiger partial charge >= 0.3 is 0 Å². The van der Waals surface area contributed by atoms with Crippen molar-refractivity contribution in [1.29, 1.82) is 0 Å². The van der Waals surface area contributed by atoms with Crippen LogP contribution in [0.15, 0.2) is 24.3 Å². The zero-order chi connectivity index (χ0) is 11.9. The highest BCUT2D eigenvalue weighted by molar-refractivity contribution is 8.01. The van der Waals surface area contributed by atoms with Crippen LogP contribution in [0.3, 0.4) is 0 Å². The van der Waals surface area contributed by atoms with Crippen molar-refractivity contribution in [2.45, 2.75) is 9.58 Å². The molecule has 3 nitrogen and oxygen atoms in total. The van der Waals surface area contributed by atoms with Crippen molar-refractivity contribution in [3.63, 3.8) is 0 Å². The van der Waals surface area contributed by atoms with Crippen LogP contribution < -0.4 is 9.64 Å². The van der Waals surface area contributed by atoms with E-state index >= 15 is 0 Å². The van der Waals surface area contributed by atoms with Crippen molar-refractivity contribution in [1.82, 2.24) is 0 Å². The lowest BCUT2D eigenvalue weighted by Gasteiger charge is -2.49. The van der Waals surface area contributed by atoms with Crippen LogP contribution in [0, 0.1) is 0 Å². The van der Waals surface area contributed by atoms with Gasteiger partial charge in [-0.1, -0.05) is 6.07 Å². The first-order valence-corrected chi connectivity index (χ1v) is 5.88. The number of hydrogen-bond acceptors (Lipinski definition) is 4. The van der Waals surface area contributed by atoms with Gasteiger partial charge < -0.3 is 4.74 Å². The van der Waals surface area contributed by atoms with Gasteiger partial charge in [-0.3, -0.25) is 9.69 Å². The summed E-state index contributed by atoms with van der Waals surface area (Å²) in [5, 5.41) is -0.717. The molecular weight excluding hydrogens is 266 g/mol. The van der Waals surface area contributed by atoms with Crippen molar-refractivity contribution < 1.29 is 9.53 Å². The maximum Gasteiger partial charge on any atom is 0.251 e. The number of alkyl halides is 1. The Morgan fingerprint density at radius 2 is 2.19 bits per heavy atom. The molecule has 86 valence electrons. The Morgan fingerprint density at radius 3 is 2.75 bits per heavy atom. The number of rotatable bonds is 2. The monoisotopic (exact) mass is 275 g/mol. The van der Waals surface area contributed by atoms with Crippen molar-refractivity contribution in [3.8, 4) is 5.75 Å². The summed E-state index contributed by atoms with van der Waals surface area (Å²) in [5.41, 5.74) is 0.672. The summed E-state index contributed by atoms with van der Waals surface area (Å²) < 4.78 is 4.13. The van der Waals surface area contributed by atoms with Crippen molar-refractivity contribution in [2.75, 3.05) is 12.0 Å². The van der Waals surface area contributed by atoms with Crippen LogP contribution in [0.4, 0.5) is 5.69 Å². The summed E-state index contributed by atoms with van der Waals surface area (Å²) in [5.74, 6) is 0.459. The van der Waals surface area contributed by atoms with E-state index in [9.17, 15) is 4.79 Å². The summed E-state index contributed by atoms with van der Waals surface area (Å²) in [7, 11) is 1.57. The number of halogens is 1. The molecule has 2 rings (SSSR count). The van der Waals surface area contributed by atoms with Crippen molar-refractivity contribution in [3.05, 3.63) is 24.3 Å². The molecule has 1 saturated heterocycles. The summed E-state index contributed by atoms with van der Waals surface area (Å²) in [6.45, 7) is 0. The molecule has 1 amide bonds. The van der Waals surface area contributed by atoms with Crippen LogP contribution >= 0.6 is 36.9 Å². The number of benzene rings is 1. The van der Waals surface area contributed by atoms with Gasteiger partial charge in [-0.2, -0.15) is 0 Å². The first-order valence-electron chi connectivity index (χ1n) is 4.55. The zero-order valence-corrected chi connectivity index (χ0v) is 11.0. The predicted octanol–water partition coefficient (Wildman–Crippen LogP) is 2.16. The molecule has 16 heavy (non-hydrogen) atoms. The Kier molecular flexibility index (Phi) is 3.03. The van der Waals surface area contributed by atoms with Crippen LogP contribution in [0.2, 0.25) is 0 Å². The smallest absolute Gasteiger partial charge is 0.251 e. The number of amides is 1. The van der Waals surface area contributed by atoms with Gasteiger partial charge in [0.25, 0.3) is 5.91 Å². The highest BCUT2D eigenvalue weighted by Gasteiger charge is 2.56. The first kappa shape index (κ1) is 12.0. The standard InChI is InChI=1S/C10H10ClNO2S2/c1-14-7-4-2-3-6(5-7)12-9(13)8(11)10(12,15)16/h2-5,8,15-16H,1H3. The average molecular weight is 276 g/mol. The fourth-order valence-corrected chi connectivity index (χ4v) is 2.40. The molecule has 0 saturated carbocycles. The van der Waals surface area contributed by atoms with E-state index in [0.717, 1.165) is 0 Å². The molecule has 0 spiro atoms. The molecule has 0 radical (unpaired) electrons. The minimum absolute atomic E-state index is 0.208. The molecule has 0 bridgehead atoms. The molecule has 1 aromatic rings. The number of nitrogens with zero attached hydrogens (tertiary/aromatic N) is 1. The Labute approximate surface area is 110 Å². The van der Waals surface area contributed by atoms with Gasteiger partial charge in [0.2, 0.25) is 0 Å². The molecule has 1 aliphatic rings. The summed E-state index contributed by atoms with van der Waals surface area (Å²) >= 11 is 14.4. The molecule has 1 heterocycles. The molecule has 0 aromatic heterocycles. The molecule has 1 aromatic carbocycles. The second-order valence-electron chi connectivity index (χ2n) is 3.42. The molecule has 1 aliphatic heterocycles. The van der Waals surface area contributed by atoms with Crippen LogP contribution in [-0.4, -0.2) is 22.6 Å². The van der Waals surface area contributed by atoms with E-state index in [4.69, 9.17) is 16.3 Å². The summed E-state index contributed by atoms with van der Waals surface area (Å²) in [6.07, 6.45) is 0. The summed E-state index contributed by atoms with van der Waals surface area (Å²) in [6, 6.07) is 7.11. The maximum absolute atomic E-state index is 11.6. The second-order valence-corrected chi connectivity index (χ2v) is 5.58. The number of β-lactam (4-membered cyclic amide) rings is 1. The number of ether oxygens (including phenoxy) is 1. The highest BCUT2D eigenvalue weighted by atomic mass is 35.5. The van der Waals surface area contributed by atoms with Gasteiger partial charge in [0, 0.05) is 11.8 Å². The third-order valence-corrected chi connectivity index (χ3v) is 4.14. The quantitative estimate of drug-likeness (QED) is 0.375. The van der Waals surface area contributed by atoms with Crippen LogP contribution in [0.25, 0.3) is 0 Å². The average Bonchev–Trinajstić information content (AvgIpc) is 2.28. The molecule has 6 heteroatoms. The minimum Gasteiger partial charge on any atom is -0.497 e. The van der Waals surface area contributed by atoms with Gasteiger partial charge in [0.15, 0.2) is 9.58 Å². The van der Waals surface area contributed by atoms with Gasteiger partial charge in [-0.05, 0) is 12.1 Å². The Bertz CT molecular complexity index is 439. The minimum atomic E-state index is -0.953. The zero-order valence-electron chi connectivity index (χ0n) is 8.42. The number of methoxy groups -OCH3 is 1. The van der Waals surface area contributed by atoms with E-state index in [-0.39, 0.29) is 5.91 Å². The van der Waals surface area contributed by atoms with Gasteiger partial charge in [-0.25, -0.2) is 0 Å². The predicted molar refractivity (Wildman–Crippen MR) is 70.8 cm³/mol. The summed E-state index contributed by atoms with van der Waals surface area (Å²) in [4.78, 5) is 13.1. The molecule has 1 atom stereocenters. The number of anilines is 1. The van der Waals surface area contributed by atoms with Crippen LogP contribution in [-0.2, 0) is 4.79 Å². The third-order valence-electron chi connectivity index (χ3n) is 2.42. The van der Waals surface area contributed by atoms with E-state index in [0.29, 0.717) is 11.4 Å². The Hall–Kier alpha value is -0.520. The van der Waals surface area contributed by atoms with E-state index in [1.165, 1.54) is 4.90 Å². The van der Waals surface area contributed by atoms with Crippen molar-refractivity contribution >= 4 is 48.5 Å². The molecular formula is C10H10ClNO2S2. The normalized spacial score (nSPS) is 22.9. The SMILES string of the molecule is COc1cccc(N2C(=O)C(Cl)C2(S)S)c1. The molecule has 1 fully saturated rings. The Balaban J connectivity index is 2.35. The van der Waals surface area contributed by atoms with Crippen LogP contribution in [0.1, 0.15) is 0 Å². The fraction of sp³-hybridized carbons (Fsp3) is 0.300. The van der Waals surface area contributed by atoms with E-state index in [1.54, 1.807) is 31.4 Å². The maximum atomic E-state index is 11.6. The Morgan fingerprint density at radius 1 is 1.50 bits per heavy atom. The van der Waals surface area contributed by atoms with Gasteiger partial charge in [0.05, 0.1) is 7.11 Å². The van der Waals surface area contributed by atoms with E-state index in [2.05, 4.69) is 25.3 Å². The number of carbonyl (C=O) groups is 1. The third kappa shape index (κ3) is 1.67. The second kappa shape index (κ2) is 4.05. The lowest BCUT2D eigenvalue weighted by Crippen LogP contribution is -2.67. The molecule has 0 N–H and O–H groups in total. The number of thiol groups is 2. The molecule has 0 aliphatic carbocycles. The highest BCUT2D eigenvalue weighted by Crippen LogP contribution is 2.46. The van der Waals surface area contributed by atoms with Crippen LogP contribution in [0.5, 0.6) is 5.75 Å². The fourth-order valence-electron chi connectivity index (χ4n) is 1.56. The number of carbonyl (C=O) groups excluding carboxylic acids is 1.